The first-order valence-electron chi connectivity index (χ1n) is 12.7. The monoisotopic (exact) mass is 526 g/mol. The van der Waals surface area contributed by atoms with Crippen molar-refractivity contribution in [2.24, 2.45) is 5.92 Å². The van der Waals surface area contributed by atoms with E-state index in [1.807, 2.05) is 42.8 Å². The summed E-state index contributed by atoms with van der Waals surface area (Å²) in [5.74, 6) is 3.58. The molecule has 37 heavy (non-hydrogen) atoms. The smallest absolute Gasteiger partial charge is 0.226 e. The van der Waals surface area contributed by atoms with Crippen LogP contribution < -0.4 is 19.5 Å². The van der Waals surface area contributed by atoms with Gasteiger partial charge in [-0.1, -0.05) is 33.1 Å². The van der Waals surface area contributed by atoms with Crippen LogP contribution in [0.25, 0.3) is 16.7 Å². The minimum atomic E-state index is 0.202. The Bertz CT molecular complexity index is 1300. The maximum atomic E-state index is 6.32. The number of imidazole rings is 1. The van der Waals surface area contributed by atoms with Gasteiger partial charge in [0.05, 0.1) is 38.6 Å². The van der Waals surface area contributed by atoms with Crippen molar-refractivity contribution in [3.63, 3.8) is 0 Å². The second kappa shape index (κ2) is 12.2. The summed E-state index contributed by atoms with van der Waals surface area (Å²) in [5.41, 5.74) is 1.65. The van der Waals surface area contributed by atoms with E-state index in [2.05, 4.69) is 31.0 Å². The second-order valence-corrected chi connectivity index (χ2v) is 9.06. The molecule has 1 fully saturated rings. The lowest BCUT2D eigenvalue weighted by Crippen LogP contribution is -2.14. The molecule has 1 aliphatic carbocycles. The largest absolute Gasteiger partial charge is 0.493 e. The number of anilines is 2. The van der Waals surface area contributed by atoms with E-state index in [9.17, 15) is 0 Å². The number of nitrogens with zero attached hydrogens (tertiary/aromatic N) is 5. The maximum Gasteiger partial charge on any atom is 0.226 e. The van der Waals surface area contributed by atoms with Gasteiger partial charge in [0.2, 0.25) is 11.0 Å². The molecule has 1 N–H and O–H groups in total. The van der Waals surface area contributed by atoms with E-state index in [0.29, 0.717) is 34.8 Å². The van der Waals surface area contributed by atoms with Gasteiger partial charge in [-0.25, -0.2) is 4.98 Å². The van der Waals surface area contributed by atoms with Crippen LogP contribution >= 0.6 is 11.6 Å². The normalized spacial score (nSPS) is 13.7. The summed E-state index contributed by atoms with van der Waals surface area (Å²) in [5, 5.41) is 4.42. The number of rotatable bonds is 8. The zero-order valence-corrected chi connectivity index (χ0v) is 22.9. The molecule has 198 valence electrons. The SMILES string of the molecule is CC.COc1cc(-n2cnc(Nc3nc(Cl)nc4c3ccn4CC3CCCCC3)c2)cc(OC)c1OC. The fourth-order valence-corrected chi connectivity index (χ4v) is 4.96. The molecule has 3 aromatic heterocycles. The molecule has 9 nitrogen and oxygen atoms in total. The number of halogens is 1. The Morgan fingerprint density at radius 2 is 1.70 bits per heavy atom. The number of methoxy groups -OCH3 is 3. The molecule has 1 saturated carbocycles. The summed E-state index contributed by atoms with van der Waals surface area (Å²) >= 11 is 6.32. The zero-order chi connectivity index (χ0) is 26.4. The van der Waals surface area contributed by atoms with Crippen molar-refractivity contribution in [2.75, 3.05) is 26.6 Å². The molecule has 0 spiro atoms. The minimum absolute atomic E-state index is 0.202. The van der Waals surface area contributed by atoms with Gasteiger partial charge in [0, 0.05) is 24.9 Å². The number of hydrogen-bond acceptors (Lipinski definition) is 7. The first-order chi connectivity index (χ1) is 18.1. The lowest BCUT2D eigenvalue weighted by Gasteiger charge is -2.22. The highest BCUT2D eigenvalue weighted by molar-refractivity contribution is 6.28. The molecule has 4 aromatic rings. The average molecular weight is 527 g/mol. The lowest BCUT2D eigenvalue weighted by molar-refractivity contribution is 0.322. The van der Waals surface area contributed by atoms with Crippen LogP contribution in [0.2, 0.25) is 5.28 Å². The quantitative estimate of drug-likeness (QED) is 0.257. The summed E-state index contributed by atoms with van der Waals surface area (Å²) in [4.78, 5) is 13.5. The van der Waals surface area contributed by atoms with E-state index in [1.54, 1.807) is 27.7 Å². The first-order valence-corrected chi connectivity index (χ1v) is 13.1. The van der Waals surface area contributed by atoms with Gasteiger partial charge in [-0.05, 0) is 36.4 Å². The van der Waals surface area contributed by atoms with E-state index in [1.165, 1.54) is 32.1 Å². The van der Waals surface area contributed by atoms with Gasteiger partial charge in [-0.3, -0.25) is 0 Å². The molecule has 10 heteroatoms. The van der Waals surface area contributed by atoms with E-state index < -0.39 is 0 Å². The van der Waals surface area contributed by atoms with E-state index >= 15 is 0 Å². The molecule has 0 aliphatic heterocycles. The van der Waals surface area contributed by atoms with Gasteiger partial charge in [-0.15, -0.1) is 0 Å². The standard InChI is InChI=1S/C25H29ClN6O3.C2H6/c1-33-19-11-17(12-20(34-2)22(19)35-3)32-14-21(27-15-32)28-23-18-9-10-31(24(18)30-25(26)29-23)13-16-7-5-4-6-8-16;1-2/h9-12,14-16H,4-8,13H2,1-3H3,(H,28,29,30);1-2H3. The van der Waals surface area contributed by atoms with Gasteiger partial charge >= 0.3 is 0 Å². The highest BCUT2D eigenvalue weighted by Gasteiger charge is 2.18. The van der Waals surface area contributed by atoms with Crippen LogP contribution in [-0.4, -0.2) is 45.4 Å². The fraction of sp³-hybridized carbons (Fsp3) is 0.444. The summed E-state index contributed by atoms with van der Waals surface area (Å²) in [7, 11) is 4.76. The number of aromatic nitrogens is 5. The van der Waals surface area contributed by atoms with Gasteiger partial charge < -0.3 is 28.7 Å². The van der Waals surface area contributed by atoms with Crippen LogP contribution in [0, 0.1) is 5.92 Å². The predicted molar refractivity (Wildman–Crippen MR) is 147 cm³/mol. The van der Waals surface area contributed by atoms with Crippen LogP contribution in [0.5, 0.6) is 17.2 Å². The summed E-state index contributed by atoms with van der Waals surface area (Å²) < 4.78 is 20.4. The molecule has 0 amide bonds. The molecule has 1 aromatic carbocycles. The summed E-state index contributed by atoms with van der Waals surface area (Å²) in [6.45, 7) is 4.95. The van der Waals surface area contributed by atoms with E-state index in [-0.39, 0.29) is 5.28 Å². The molecule has 3 heterocycles. The molecular weight excluding hydrogens is 492 g/mol. The van der Waals surface area contributed by atoms with Crippen molar-refractivity contribution in [3.05, 3.63) is 42.2 Å². The van der Waals surface area contributed by atoms with Crippen molar-refractivity contribution in [3.8, 4) is 22.9 Å². The highest BCUT2D eigenvalue weighted by atomic mass is 35.5. The Balaban J connectivity index is 0.00000156. The molecule has 5 rings (SSSR count). The van der Waals surface area contributed by atoms with Crippen LogP contribution in [0.4, 0.5) is 11.6 Å². The second-order valence-electron chi connectivity index (χ2n) is 8.73. The van der Waals surface area contributed by atoms with Crippen molar-refractivity contribution >= 4 is 34.3 Å². The average Bonchev–Trinajstić information content (AvgIpc) is 3.57. The topological polar surface area (TPSA) is 88.2 Å². The van der Waals surface area contributed by atoms with Crippen LogP contribution in [0.3, 0.4) is 0 Å². The number of nitrogens with one attached hydrogen (secondary N) is 1. The Morgan fingerprint density at radius 3 is 2.35 bits per heavy atom. The molecule has 1 aliphatic rings. The summed E-state index contributed by atoms with van der Waals surface area (Å²) in [6.07, 6.45) is 12.1. The Morgan fingerprint density at radius 1 is 1.00 bits per heavy atom. The van der Waals surface area contributed by atoms with Crippen LogP contribution in [0.15, 0.2) is 36.9 Å². The number of hydrogen-bond donors (Lipinski definition) is 1. The molecule has 0 atom stereocenters. The molecule has 0 bridgehead atoms. The van der Waals surface area contributed by atoms with Crippen molar-refractivity contribution < 1.29 is 14.2 Å². The molecule has 0 radical (unpaired) electrons. The Kier molecular flexibility index (Phi) is 8.76. The number of ether oxygens (including phenoxy) is 3. The number of benzene rings is 1. The lowest BCUT2D eigenvalue weighted by atomic mass is 9.89. The van der Waals surface area contributed by atoms with Gasteiger partial charge in [0.15, 0.2) is 11.5 Å². The van der Waals surface area contributed by atoms with Crippen molar-refractivity contribution in [1.29, 1.82) is 0 Å². The third-order valence-corrected chi connectivity index (χ3v) is 6.72. The Hall–Kier alpha value is -3.46. The molecular formula is C27H35ClN6O3. The third-order valence-electron chi connectivity index (χ3n) is 6.55. The molecule has 0 saturated heterocycles. The van der Waals surface area contributed by atoms with Crippen molar-refractivity contribution in [1.82, 2.24) is 24.1 Å². The number of fused-ring (bicyclic) bond motifs is 1. The summed E-state index contributed by atoms with van der Waals surface area (Å²) in [6, 6.07) is 5.75. The fourth-order valence-electron chi connectivity index (χ4n) is 4.80. The van der Waals surface area contributed by atoms with Crippen LogP contribution in [-0.2, 0) is 6.54 Å². The Labute approximate surface area is 222 Å². The zero-order valence-electron chi connectivity index (χ0n) is 22.1. The van der Waals surface area contributed by atoms with Crippen LogP contribution in [0.1, 0.15) is 46.0 Å². The predicted octanol–water partition coefficient (Wildman–Crippen LogP) is 6.65. The third kappa shape index (κ3) is 5.77. The minimum Gasteiger partial charge on any atom is -0.493 e. The van der Waals surface area contributed by atoms with Gasteiger partial charge in [-0.2, -0.15) is 9.97 Å². The van der Waals surface area contributed by atoms with Crippen molar-refractivity contribution in [2.45, 2.75) is 52.5 Å². The maximum absolute atomic E-state index is 6.32. The molecule has 0 unspecified atom stereocenters. The van der Waals surface area contributed by atoms with E-state index in [0.717, 1.165) is 23.3 Å². The van der Waals surface area contributed by atoms with Gasteiger partial charge in [0.25, 0.3) is 0 Å². The first kappa shape index (κ1) is 26.6. The highest BCUT2D eigenvalue weighted by Crippen LogP contribution is 2.39. The van der Waals surface area contributed by atoms with E-state index in [4.69, 9.17) is 25.8 Å². The van der Waals surface area contributed by atoms with Gasteiger partial charge in [0.1, 0.15) is 23.6 Å².